The first-order valence-corrected chi connectivity index (χ1v) is 8.57. The van der Waals surface area contributed by atoms with Crippen molar-refractivity contribution in [3.05, 3.63) is 82.9 Å². The van der Waals surface area contributed by atoms with Crippen molar-refractivity contribution in [1.82, 2.24) is 5.32 Å². The molecular weight excluding hydrogens is 310 g/mol. The third-order valence-corrected chi connectivity index (χ3v) is 4.65. The summed E-state index contributed by atoms with van der Waals surface area (Å²) in [6.07, 6.45) is -0.129. The Bertz CT molecular complexity index is 896. The number of aliphatic hydroxyl groups is 1. The zero-order chi connectivity index (χ0) is 17.8. The maximum atomic E-state index is 12.2. The molecule has 0 aliphatic rings. The minimum absolute atomic E-state index is 0.104. The lowest BCUT2D eigenvalue weighted by atomic mass is 9.99. The first kappa shape index (κ1) is 17.2. The highest BCUT2D eigenvalue weighted by molar-refractivity contribution is 5.94. The molecule has 0 spiro atoms. The van der Waals surface area contributed by atoms with Gasteiger partial charge in [-0.1, -0.05) is 48.5 Å². The van der Waals surface area contributed by atoms with Crippen molar-refractivity contribution in [1.29, 1.82) is 0 Å². The third kappa shape index (κ3) is 3.89. The van der Waals surface area contributed by atoms with Gasteiger partial charge in [0.25, 0.3) is 5.91 Å². The Balaban J connectivity index is 1.63. The normalized spacial score (nSPS) is 12.1. The SMILES string of the molecule is Cc1ccc(C(=O)NCCC(O)c2cccc3ccccc23)cc1C. The van der Waals surface area contributed by atoms with E-state index in [0.29, 0.717) is 18.5 Å². The molecule has 3 aromatic carbocycles. The Hall–Kier alpha value is -2.65. The fourth-order valence-corrected chi connectivity index (χ4v) is 3.00. The van der Waals surface area contributed by atoms with Gasteiger partial charge in [-0.25, -0.2) is 0 Å². The topological polar surface area (TPSA) is 49.3 Å². The summed E-state index contributed by atoms with van der Waals surface area (Å²) < 4.78 is 0. The largest absolute Gasteiger partial charge is 0.388 e. The maximum Gasteiger partial charge on any atom is 0.251 e. The molecular formula is C22H23NO2. The monoisotopic (exact) mass is 333 g/mol. The Morgan fingerprint density at radius 2 is 1.76 bits per heavy atom. The van der Waals surface area contributed by atoms with E-state index >= 15 is 0 Å². The van der Waals surface area contributed by atoms with E-state index in [1.54, 1.807) is 0 Å². The Kier molecular flexibility index (Phi) is 5.15. The second-order valence-electron chi connectivity index (χ2n) is 6.43. The average molecular weight is 333 g/mol. The Morgan fingerprint density at radius 3 is 2.56 bits per heavy atom. The second kappa shape index (κ2) is 7.49. The zero-order valence-electron chi connectivity index (χ0n) is 14.6. The summed E-state index contributed by atoms with van der Waals surface area (Å²) in [6.45, 7) is 4.45. The molecule has 3 heteroatoms. The van der Waals surface area contributed by atoms with Gasteiger partial charge in [0, 0.05) is 12.1 Å². The molecule has 0 saturated carbocycles. The van der Waals surface area contributed by atoms with Gasteiger partial charge < -0.3 is 10.4 Å². The van der Waals surface area contributed by atoms with E-state index in [9.17, 15) is 9.90 Å². The lowest BCUT2D eigenvalue weighted by molar-refractivity contribution is 0.0943. The van der Waals surface area contributed by atoms with Crippen molar-refractivity contribution < 1.29 is 9.90 Å². The first-order chi connectivity index (χ1) is 12.1. The highest BCUT2D eigenvalue weighted by atomic mass is 16.3. The number of aryl methyl sites for hydroxylation is 2. The first-order valence-electron chi connectivity index (χ1n) is 8.57. The molecule has 1 unspecified atom stereocenters. The van der Waals surface area contributed by atoms with E-state index in [1.807, 2.05) is 74.5 Å². The van der Waals surface area contributed by atoms with Gasteiger partial charge in [-0.2, -0.15) is 0 Å². The summed E-state index contributed by atoms with van der Waals surface area (Å²) in [5.41, 5.74) is 3.83. The number of nitrogens with one attached hydrogen (secondary N) is 1. The molecule has 1 atom stereocenters. The fraction of sp³-hybridized carbons (Fsp3) is 0.227. The van der Waals surface area contributed by atoms with Crippen LogP contribution in [0.2, 0.25) is 0 Å². The molecule has 0 saturated heterocycles. The van der Waals surface area contributed by atoms with Crippen LogP contribution in [-0.4, -0.2) is 17.6 Å². The molecule has 1 amide bonds. The Morgan fingerprint density at radius 1 is 1.00 bits per heavy atom. The summed E-state index contributed by atoms with van der Waals surface area (Å²) in [4.78, 5) is 12.2. The minimum atomic E-state index is -0.605. The molecule has 3 aromatic rings. The number of hydrogen-bond donors (Lipinski definition) is 2. The van der Waals surface area contributed by atoms with Crippen LogP contribution >= 0.6 is 0 Å². The summed E-state index contributed by atoms with van der Waals surface area (Å²) in [6, 6.07) is 19.6. The molecule has 0 aromatic heterocycles. The number of rotatable bonds is 5. The summed E-state index contributed by atoms with van der Waals surface area (Å²) in [5, 5.41) is 15.6. The van der Waals surface area contributed by atoms with Crippen molar-refractivity contribution in [2.75, 3.05) is 6.54 Å². The predicted molar refractivity (Wildman–Crippen MR) is 102 cm³/mol. The van der Waals surface area contributed by atoms with Gasteiger partial charge in [0.15, 0.2) is 0 Å². The van der Waals surface area contributed by atoms with Gasteiger partial charge in [-0.15, -0.1) is 0 Å². The standard InChI is InChI=1S/C22H23NO2/c1-15-10-11-18(14-16(15)2)22(25)23-13-12-21(24)20-9-5-7-17-6-3-4-8-19(17)20/h3-11,14,21,24H,12-13H2,1-2H3,(H,23,25). The van der Waals surface area contributed by atoms with E-state index in [1.165, 1.54) is 5.56 Å². The molecule has 0 heterocycles. The van der Waals surface area contributed by atoms with Crippen LogP contribution in [0.3, 0.4) is 0 Å². The summed E-state index contributed by atoms with van der Waals surface area (Å²) >= 11 is 0. The molecule has 128 valence electrons. The van der Waals surface area contributed by atoms with Crippen LogP contribution in [0.4, 0.5) is 0 Å². The van der Waals surface area contributed by atoms with E-state index in [4.69, 9.17) is 0 Å². The second-order valence-corrected chi connectivity index (χ2v) is 6.43. The summed E-state index contributed by atoms with van der Waals surface area (Å²) in [5.74, 6) is -0.104. The smallest absolute Gasteiger partial charge is 0.251 e. The number of hydrogen-bond acceptors (Lipinski definition) is 2. The van der Waals surface area contributed by atoms with E-state index in [-0.39, 0.29) is 5.91 Å². The predicted octanol–water partition coefficient (Wildman–Crippen LogP) is 4.31. The van der Waals surface area contributed by atoms with Gasteiger partial charge in [-0.3, -0.25) is 4.79 Å². The van der Waals surface area contributed by atoms with Gasteiger partial charge in [0.2, 0.25) is 0 Å². The quantitative estimate of drug-likeness (QED) is 0.731. The zero-order valence-corrected chi connectivity index (χ0v) is 14.6. The van der Waals surface area contributed by atoms with E-state index in [0.717, 1.165) is 21.9 Å². The van der Waals surface area contributed by atoms with E-state index in [2.05, 4.69) is 5.32 Å². The molecule has 3 nitrogen and oxygen atoms in total. The number of benzene rings is 3. The van der Waals surface area contributed by atoms with Gasteiger partial charge in [0.05, 0.1) is 6.10 Å². The summed E-state index contributed by atoms with van der Waals surface area (Å²) in [7, 11) is 0. The fourth-order valence-electron chi connectivity index (χ4n) is 3.00. The van der Waals surface area contributed by atoms with Gasteiger partial charge in [0.1, 0.15) is 0 Å². The van der Waals surface area contributed by atoms with Gasteiger partial charge in [-0.05, 0) is 59.9 Å². The number of amides is 1. The van der Waals surface area contributed by atoms with Crippen molar-refractivity contribution >= 4 is 16.7 Å². The van der Waals surface area contributed by atoms with Crippen molar-refractivity contribution in [2.45, 2.75) is 26.4 Å². The average Bonchev–Trinajstić information content (AvgIpc) is 2.63. The van der Waals surface area contributed by atoms with Crippen LogP contribution in [0.5, 0.6) is 0 Å². The van der Waals surface area contributed by atoms with Crippen molar-refractivity contribution in [3.63, 3.8) is 0 Å². The van der Waals surface area contributed by atoms with Crippen molar-refractivity contribution in [3.8, 4) is 0 Å². The molecule has 25 heavy (non-hydrogen) atoms. The molecule has 0 aliphatic heterocycles. The lowest BCUT2D eigenvalue weighted by Crippen LogP contribution is -2.25. The molecule has 0 bridgehead atoms. The number of aliphatic hydroxyl groups excluding tert-OH is 1. The highest BCUT2D eigenvalue weighted by Crippen LogP contribution is 2.25. The molecule has 3 rings (SSSR count). The number of carbonyl (C=O) groups is 1. The maximum absolute atomic E-state index is 12.2. The minimum Gasteiger partial charge on any atom is -0.388 e. The molecule has 0 aliphatic carbocycles. The van der Waals surface area contributed by atoms with Gasteiger partial charge >= 0.3 is 0 Å². The number of carbonyl (C=O) groups excluding carboxylic acids is 1. The number of fused-ring (bicyclic) bond motifs is 1. The van der Waals surface area contributed by atoms with E-state index < -0.39 is 6.10 Å². The van der Waals surface area contributed by atoms with Crippen LogP contribution in [0, 0.1) is 13.8 Å². The Labute approximate surface area is 148 Å². The van der Waals surface area contributed by atoms with Crippen LogP contribution < -0.4 is 5.32 Å². The lowest BCUT2D eigenvalue weighted by Gasteiger charge is -2.14. The van der Waals surface area contributed by atoms with Crippen molar-refractivity contribution in [2.24, 2.45) is 0 Å². The highest BCUT2D eigenvalue weighted by Gasteiger charge is 2.12. The third-order valence-electron chi connectivity index (χ3n) is 4.65. The molecule has 0 fully saturated rings. The molecule has 0 radical (unpaired) electrons. The van der Waals surface area contributed by atoms with Crippen LogP contribution in [0.1, 0.15) is 39.6 Å². The van der Waals surface area contributed by atoms with Crippen LogP contribution in [0.25, 0.3) is 10.8 Å². The van der Waals surface area contributed by atoms with Crippen LogP contribution in [-0.2, 0) is 0 Å². The van der Waals surface area contributed by atoms with Crippen LogP contribution in [0.15, 0.2) is 60.7 Å². The molecule has 2 N–H and O–H groups in total.